The Hall–Kier alpha value is -1.34. The van der Waals surface area contributed by atoms with E-state index >= 15 is 0 Å². The maximum Gasteiger partial charge on any atom is 0.334 e. The van der Waals surface area contributed by atoms with E-state index in [1.807, 2.05) is 14.0 Å². The molecule has 0 aromatic carbocycles. The summed E-state index contributed by atoms with van der Waals surface area (Å²) in [6.45, 7) is 4.24. The van der Waals surface area contributed by atoms with Crippen LogP contribution in [0, 0.1) is 0 Å². The first-order valence-electron chi connectivity index (χ1n) is 5.94. The lowest BCUT2D eigenvalue weighted by Crippen LogP contribution is -2.56. The Morgan fingerprint density at radius 2 is 2.17 bits per heavy atom. The van der Waals surface area contributed by atoms with Crippen LogP contribution in [0.2, 0.25) is 0 Å². The molecular weight excluding hydrogens is 238 g/mol. The van der Waals surface area contributed by atoms with Gasteiger partial charge in [-0.15, -0.1) is 0 Å². The van der Waals surface area contributed by atoms with Crippen molar-refractivity contribution in [1.82, 2.24) is 15.1 Å². The molecule has 7 nitrogen and oxygen atoms in total. The molecular formula is C11H21N3O4. The summed E-state index contributed by atoms with van der Waals surface area (Å²) in [5.74, 6) is -1.08. The molecule has 2 N–H and O–H groups in total. The molecule has 2 amide bonds. The predicted molar refractivity (Wildman–Crippen MR) is 65.5 cm³/mol. The van der Waals surface area contributed by atoms with Crippen LogP contribution in [0.25, 0.3) is 0 Å². The van der Waals surface area contributed by atoms with Gasteiger partial charge in [0.25, 0.3) is 0 Å². The predicted octanol–water partition coefficient (Wildman–Crippen LogP) is -0.568. The maximum atomic E-state index is 11.9. The lowest BCUT2D eigenvalue weighted by Gasteiger charge is -2.38. The molecule has 1 fully saturated rings. The molecule has 1 heterocycles. The average Bonchev–Trinajstić information content (AvgIpc) is 2.28. The summed E-state index contributed by atoms with van der Waals surface area (Å²) >= 11 is 0. The highest BCUT2D eigenvalue weighted by Crippen LogP contribution is 2.07. The number of aliphatic carboxylic acids is 1. The summed E-state index contributed by atoms with van der Waals surface area (Å²) in [7, 11) is 3.32. The van der Waals surface area contributed by atoms with Gasteiger partial charge in [-0.05, 0) is 14.0 Å². The van der Waals surface area contributed by atoms with Gasteiger partial charge in [-0.3, -0.25) is 0 Å². The van der Waals surface area contributed by atoms with Crippen LogP contribution in [0.15, 0.2) is 0 Å². The zero-order chi connectivity index (χ0) is 13.7. The lowest BCUT2D eigenvalue weighted by molar-refractivity contribution is -0.148. The van der Waals surface area contributed by atoms with Crippen LogP contribution in [0.1, 0.15) is 6.92 Å². The Labute approximate surface area is 107 Å². The number of hydrogen-bond donors (Lipinski definition) is 2. The van der Waals surface area contributed by atoms with Crippen molar-refractivity contribution in [2.24, 2.45) is 0 Å². The number of amides is 2. The Bertz CT molecular complexity index is 311. The highest BCUT2D eigenvalue weighted by atomic mass is 16.5. The van der Waals surface area contributed by atoms with Crippen molar-refractivity contribution in [3.63, 3.8) is 0 Å². The molecule has 0 bridgehead atoms. The van der Waals surface area contributed by atoms with Crippen molar-refractivity contribution in [2.75, 3.05) is 40.3 Å². The molecule has 0 aromatic rings. The number of rotatable bonds is 4. The summed E-state index contributed by atoms with van der Waals surface area (Å²) in [5.41, 5.74) is 0. The second kappa shape index (κ2) is 6.55. The number of nitrogens with zero attached hydrogens (tertiary/aromatic N) is 2. The van der Waals surface area contributed by atoms with E-state index in [4.69, 9.17) is 9.84 Å². The van der Waals surface area contributed by atoms with E-state index in [9.17, 15) is 9.59 Å². The van der Waals surface area contributed by atoms with Gasteiger partial charge in [0.15, 0.2) is 6.10 Å². The summed E-state index contributed by atoms with van der Waals surface area (Å²) in [5, 5.41) is 11.4. The van der Waals surface area contributed by atoms with E-state index in [2.05, 4.69) is 10.2 Å². The van der Waals surface area contributed by atoms with Crippen LogP contribution < -0.4 is 5.32 Å². The third kappa shape index (κ3) is 3.85. The van der Waals surface area contributed by atoms with Crippen LogP contribution in [0.3, 0.4) is 0 Å². The molecule has 18 heavy (non-hydrogen) atoms. The second-order valence-electron chi connectivity index (χ2n) is 4.55. The fraction of sp³-hybridized carbons (Fsp3) is 0.818. The lowest BCUT2D eigenvalue weighted by atomic mass is 10.2. The largest absolute Gasteiger partial charge is 0.479 e. The number of ether oxygens (including phenoxy) is 1. The zero-order valence-electron chi connectivity index (χ0n) is 11.0. The number of urea groups is 1. The number of carboxylic acids is 1. The van der Waals surface area contributed by atoms with E-state index in [-0.39, 0.29) is 18.6 Å². The Morgan fingerprint density at radius 3 is 2.67 bits per heavy atom. The standard InChI is InChI=1S/C11H21N3O4/c1-8-7-13(2)4-5-14(8)11(17)12-6-9(18-3)10(15)16/h8-9H,4-7H2,1-3H3,(H,12,17)(H,15,16). The van der Waals surface area contributed by atoms with E-state index < -0.39 is 12.1 Å². The molecule has 7 heteroatoms. The number of nitrogens with one attached hydrogen (secondary N) is 1. The van der Waals surface area contributed by atoms with Crippen LogP contribution >= 0.6 is 0 Å². The second-order valence-corrected chi connectivity index (χ2v) is 4.55. The van der Waals surface area contributed by atoms with E-state index in [1.165, 1.54) is 7.11 Å². The van der Waals surface area contributed by atoms with Gasteiger partial charge >= 0.3 is 12.0 Å². The van der Waals surface area contributed by atoms with Crippen LogP contribution in [0.4, 0.5) is 4.79 Å². The average molecular weight is 259 g/mol. The first kappa shape index (κ1) is 14.7. The summed E-state index contributed by atoms with van der Waals surface area (Å²) in [6.07, 6.45) is -1.00. The molecule has 2 atom stereocenters. The van der Waals surface area contributed by atoms with Crippen molar-refractivity contribution in [3.8, 4) is 0 Å². The molecule has 2 unspecified atom stereocenters. The normalized spacial score (nSPS) is 22.6. The fourth-order valence-electron chi connectivity index (χ4n) is 1.99. The van der Waals surface area contributed by atoms with Crippen molar-refractivity contribution in [3.05, 3.63) is 0 Å². The minimum absolute atomic E-state index is 0.0241. The summed E-state index contributed by atoms with van der Waals surface area (Å²) in [4.78, 5) is 26.5. The van der Waals surface area contributed by atoms with Gasteiger partial charge in [0.2, 0.25) is 0 Å². The Morgan fingerprint density at radius 1 is 1.50 bits per heavy atom. The number of likely N-dealkylation sites (N-methyl/N-ethyl adjacent to an activating group) is 1. The fourth-order valence-corrected chi connectivity index (χ4v) is 1.99. The van der Waals surface area contributed by atoms with Crippen molar-refractivity contribution < 1.29 is 19.4 Å². The molecule has 0 spiro atoms. The highest BCUT2D eigenvalue weighted by Gasteiger charge is 2.26. The summed E-state index contributed by atoms with van der Waals surface area (Å²) < 4.78 is 4.75. The third-order valence-corrected chi connectivity index (χ3v) is 3.09. The molecule has 1 aliphatic rings. The number of piperazine rings is 1. The highest BCUT2D eigenvalue weighted by molar-refractivity contribution is 5.77. The molecule has 0 radical (unpaired) electrons. The number of carboxylic acid groups (broad SMARTS) is 1. The van der Waals surface area contributed by atoms with Gasteiger partial charge in [-0.25, -0.2) is 9.59 Å². The van der Waals surface area contributed by atoms with E-state index in [1.54, 1.807) is 4.90 Å². The van der Waals surface area contributed by atoms with E-state index in [0.717, 1.165) is 13.1 Å². The molecule has 0 saturated carbocycles. The van der Waals surface area contributed by atoms with Gasteiger partial charge in [0.05, 0.1) is 6.54 Å². The van der Waals surface area contributed by atoms with Gasteiger partial charge in [-0.2, -0.15) is 0 Å². The molecule has 0 aromatic heterocycles. The molecule has 0 aliphatic carbocycles. The topological polar surface area (TPSA) is 82.1 Å². The molecule has 1 rings (SSSR count). The van der Waals surface area contributed by atoms with Gasteiger partial charge < -0.3 is 25.0 Å². The van der Waals surface area contributed by atoms with Crippen molar-refractivity contribution >= 4 is 12.0 Å². The number of carbonyl (C=O) groups is 2. The van der Waals surface area contributed by atoms with Crippen molar-refractivity contribution in [2.45, 2.75) is 19.1 Å². The minimum atomic E-state index is -1.08. The van der Waals surface area contributed by atoms with Crippen LogP contribution in [-0.4, -0.2) is 79.4 Å². The Balaban J connectivity index is 2.43. The number of hydrogen-bond acceptors (Lipinski definition) is 4. The smallest absolute Gasteiger partial charge is 0.334 e. The summed E-state index contributed by atoms with van der Waals surface area (Å²) in [6, 6.07) is -0.117. The molecule has 1 saturated heterocycles. The zero-order valence-corrected chi connectivity index (χ0v) is 11.0. The number of carbonyl (C=O) groups excluding carboxylic acids is 1. The first-order chi connectivity index (χ1) is 8.45. The van der Waals surface area contributed by atoms with Crippen LogP contribution in [-0.2, 0) is 9.53 Å². The van der Waals surface area contributed by atoms with Crippen molar-refractivity contribution in [1.29, 1.82) is 0 Å². The number of methoxy groups -OCH3 is 1. The Kier molecular flexibility index (Phi) is 5.36. The quantitative estimate of drug-likeness (QED) is 0.706. The first-order valence-corrected chi connectivity index (χ1v) is 5.94. The van der Waals surface area contributed by atoms with E-state index in [0.29, 0.717) is 6.54 Å². The molecule has 1 aliphatic heterocycles. The molecule has 104 valence electrons. The monoisotopic (exact) mass is 259 g/mol. The van der Waals surface area contributed by atoms with Crippen LogP contribution in [0.5, 0.6) is 0 Å². The SMILES string of the molecule is COC(CNC(=O)N1CCN(C)CC1C)C(=O)O. The van der Waals surface area contributed by atoms with Gasteiger partial charge in [0, 0.05) is 32.8 Å². The third-order valence-electron chi connectivity index (χ3n) is 3.09. The van der Waals surface area contributed by atoms with Gasteiger partial charge in [0.1, 0.15) is 0 Å². The minimum Gasteiger partial charge on any atom is -0.479 e. The van der Waals surface area contributed by atoms with Gasteiger partial charge in [-0.1, -0.05) is 0 Å². The maximum absolute atomic E-state index is 11.9.